The Morgan fingerprint density at radius 2 is 1.67 bits per heavy atom. The maximum atomic E-state index is 13.0. The Kier molecular flexibility index (Phi) is 7.64. The Morgan fingerprint density at radius 3 is 2.30 bits per heavy atom. The molecule has 0 saturated carbocycles. The SMILES string of the molecule is COCCn1c(-c2ccc(S(=O)(=O)N3CCCCC3)cc2)csc1=Nc1ccc(OC)cc1. The Hall–Kier alpha value is -2.46. The third-order valence-corrected chi connectivity index (χ3v) is 8.49. The fraction of sp³-hybridized carbons (Fsp3) is 0.375. The minimum Gasteiger partial charge on any atom is -0.497 e. The van der Waals surface area contributed by atoms with E-state index in [4.69, 9.17) is 14.5 Å². The summed E-state index contributed by atoms with van der Waals surface area (Å²) in [6, 6.07) is 14.8. The Morgan fingerprint density at radius 1 is 0.970 bits per heavy atom. The summed E-state index contributed by atoms with van der Waals surface area (Å²) in [4.78, 5) is 5.99. The zero-order chi connectivity index (χ0) is 23.3. The second kappa shape index (κ2) is 10.6. The fourth-order valence-corrected chi connectivity index (χ4v) is 6.34. The highest BCUT2D eigenvalue weighted by molar-refractivity contribution is 7.89. The molecule has 0 atom stereocenters. The zero-order valence-electron chi connectivity index (χ0n) is 18.9. The quantitative estimate of drug-likeness (QED) is 0.475. The van der Waals surface area contributed by atoms with Crippen LogP contribution in [-0.2, 0) is 21.3 Å². The van der Waals surface area contributed by atoms with Crippen LogP contribution in [0.15, 0.2) is 63.8 Å². The third-order valence-electron chi connectivity index (χ3n) is 5.72. The molecule has 0 amide bonds. The van der Waals surface area contributed by atoms with Gasteiger partial charge in [-0.2, -0.15) is 4.31 Å². The second-order valence-corrected chi connectivity index (χ2v) is 10.6. The van der Waals surface area contributed by atoms with E-state index in [0.717, 1.165) is 46.8 Å². The summed E-state index contributed by atoms with van der Waals surface area (Å²) in [5.41, 5.74) is 2.75. The average Bonchev–Trinajstić information content (AvgIpc) is 3.26. The summed E-state index contributed by atoms with van der Waals surface area (Å²) in [7, 11) is -0.134. The van der Waals surface area contributed by atoms with E-state index in [-0.39, 0.29) is 0 Å². The Labute approximate surface area is 199 Å². The number of nitrogens with zero attached hydrogens (tertiary/aromatic N) is 3. The van der Waals surface area contributed by atoms with Crippen LogP contribution in [0, 0.1) is 0 Å². The molecule has 2 aromatic carbocycles. The van der Waals surface area contributed by atoms with Crippen LogP contribution in [0.3, 0.4) is 0 Å². The van der Waals surface area contributed by atoms with E-state index >= 15 is 0 Å². The molecule has 0 N–H and O–H groups in total. The van der Waals surface area contributed by atoms with Crippen molar-refractivity contribution >= 4 is 27.0 Å². The second-order valence-electron chi connectivity index (χ2n) is 7.85. The molecule has 1 aromatic heterocycles. The standard InChI is InChI=1S/C24H29N3O4S2/c1-30-17-16-27-23(18-32-24(27)25-20-8-10-21(31-2)11-9-20)19-6-12-22(13-7-19)33(28,29)26-14-4-3-5-15-26/h6-13,18H,3-5,14-17H2,1-2H3. The van der Waals surface area contributed by atoms with Gasteiger partial charge in [0.15, 0.2) is 4.80 Å². The molecule has 0 unspecified atom stereocenters. The first-order valence-corrected chi connectivity index (χ1v) is 13.3. The van der Waals surface area contributed by atoms with Crippen molar-refractivity contribution in [2.24, 2.45) is 4.99 Å². The molecule has 9 heteroatoms. The molecular formula is C24H29N3O4S2. The number of aromatic nitrogens is 1. The van der Waals surface area contributed by atoms with E-state index < -0.39 is 10.0 Å². The van der Waals surface area contributed by atoms with E-state index in [1.165, 1.54) is 0 Å². The van der Waals surface area contributed by atoms with Crippen molar-refractivity contribution in [3.05, 3.63) is 58.7 Å². The summed E-state index contributed by atoms with van der Waals surface area (Å²) in [5, 5.41) is 2.05. The molecule has 1 aliphatic rings. The average molecular weight is 488 g/mol. The topological polar surface area (TPSA) is 73.1 Å². The number of benzene rings is 2. The van der Waals surface area contributed by atoms with Gasteiger partial charge < -0.3 is 14.0 Å². The van der Waals surface area contributed by atoms with Gasteiger partial charge in [0.25, 0.3) is 0 Å². The molecule has 176 valence electrons. The van der Waals surface area contributed by atoms with Crippen LogP contribution < -0.4 is 9.54 Å². The largest absolute Gasteiger partial charge is 0.497 e. The summed E-state index contributed by atoms with van der Waals surface area (Å²) >= 11 is 1.54. The van der Waals surface area contributed by atoms with Gasteiger partial charge in [0.1, 0.15) is 5.75 Å². The van der Waals surface area contributed by atoms with Crippen LogP contribution in [0.2, 0.25) is 0 Å². The number of rotatable bonds is 8. The maximum absolute atomic E-state index is 13.0. The smallest absolute Gasteiger partial charge is 0.243 e. The minimum atomic E-state index is -3.45. The summed E-state index contributed by atoms with van der Waals surface area (Å²) in [6.45, 7) is 2.38. The lowest BCUT2D eigenvalue weighted by molar-refractivity contribution is 0.187. The third kappa shape index (κ3) is 5.38. The number of hydrogen-bond acceptors (Lipinski definition) is 6. The van der Waals surface area contributed by atoms with Gasteiger partial charge in [-0.1, -0.05) is 18.6 Å². The summed E-state index contributed by atoms with van der Waals surface area (Å²) in [6.07, 6.45) is 2.94. The molecule has 0 radical (unpaired) electrons. The van der Waals surface area contributed by atoms with Gasteiger partial charge in [0.05, 0.1) is 30.0 Å². The first-order chi connectivity index (χ1) is 16.0. The molecule has 4 rings (SSSR count). The molecule has 1 fully saturated rings. The van der Waals surface area contributed by atoms with Gasteiger partial charge in [-0.05, 0) is 54.8 Å². The number of thiazole rings is 1. The monoisotopic (exact) mass is 487 g/mol. The molecule has 3 aromatic rings. The highest BCUT2D eigenvalue weighted by Gasteiger charge is 2.25. The number of ether oxygens (including phenoxy) is 2. The van der Waals surface area contributed by atoms with Gasteiger partial charge >= 0.3 is 0 Å². The molecule has 0 aliphatic carbocycles. The molecular weight excluding hydrogens is 458 g/mol. The normalized spacial score (nSPS) is 15.6. The Bertz CT molecular complexity index is 1220. The van der Waals surface area contributed by atoms with E-state index in [1.807, 2.05) is 41.8 Å². The van der Waals surface area contributed by atoms with Crippen molar-refractivity contribution in [3.63, 3.8) is 0 Å². The first kappa shape index (κ1) is 23.7. The molecule has 1 aliphatic heterocycles. The molecule has 2 heterocycles. The van der Waals surface area contributed by atoms with Crippen molar-refractivity contribution in [3.8, 4) is 17.0 Å². The van der Waals surface area contributed by atoms with E-state index in [1.54, 1.807) is 42.0 Å². The van der Waals surface area contributed by atoms with E-state index in [2.05, 4.69) is 4.57 Å². The summed E-state index contributed by atoms with van der Waals surface area (Å²) in [5.74, 6) is 0.785. The highest BCUT2D eigenvalue weighted by atomic mass is 32.2. The molecule has 33 heavy (non-hydrogen) atoms. The van der Waals surface area contributed by atoms with Crippen LogP contribution in [-0.4, -0.2) is 51.2 Å². The Balaban J connectivity index is 1.66. The van der Waals surface area contributed by atoms with Gasteiger partial charge in [0.2, 0.25) is 10.0 Å². The number of methoxy groups -OCH3 is 2. The van der Waals surface area contributed by atoms with Crippen molar-refractivity contribution in [1.82, 2.24) is 8.87 Å². The van der Waals surface area contributed by atoms with Crippen LogP contribution in [0.1, 0.15) is 19.3 Å². The maximum Gasteiger partial charge on any atom is 0.243 e. The van der Waals surface area contributed by atoms with Gasteiger partial charge in [-0.25, -0.2) is 13.4 Å². The van der Waals surface area contributed by atoms with Gasteiger partial charge in [-0.15, -0.1) is 11.3 Å². The number of sulfonamides is 1. The minimum absolute atomic E-state index is 0.343. The lowest BCUT2D eigenvalue weighted by atomic mass is 10.2. The number of piperidine rings is 1. The van der Waals surface area contributed by atoms with Crippen molar-refractivity contribution in [2.45, 2.75) is 30.7 Å². The highest BCUT2D eigenvalue weighted by Crippen LogP contribution is 2.26. The van der Waals surface area contributed by atoms with Crippen molar-refractivity contribution < 1.29 is 17.9 Å². The van der Waals surface area contributed by atoms with E-state index in [0.29, 0.717) is 31.1 Å². The zero-order valence-corrected chi connectivity index (χ0v) is 20.6. The molecule has 0 bridgehead atoms. The first-order valence-electron chi connectivity index (χ1n) is 11.0. The van der Waals surface area contributed by atoms with Crippen molar-refractivity contribution in [1.29, 1.82) is 0 Å². The van der Waals surface area contributed by atoms with Gasteiger partial charge in [-0.3, -0.25) is 0 Å². The van der Waals surface area contributed by atoms with Crippen molar-refractivity contribution in [2.75, 3.05) is 33.9 Å². The lowest BCUT2D eigenvalue weighted by Crippen LogP contribution is -2.35. The van der Waals surface area contributed by atoms with Crippen LogP contribution in [0.4, 0.5) is 5.69 Å². The van der Waals surface area contributed by atoms with Crippen LogP contribution >= 0.6 is 11.3 Å². The van der Waals surface area contributed by atoms with E-state index in [9.17, 15) is 8.42 Å². The number of hydrogen-bond donors (Lipinski definition) is 0. The van der Waals surface area contributed by atoms with Gasteiger partial charge in [0, 0.05) is 32.1 Å². The predicted molar refractivity (Wildman–Crippen MR) is 130 cm³/mol. The van der Waals surface area contributed by atoms with Crippen LogP contribution in [0.5, 0.6) is 5.75 Å². The molecule has 7 nitrogen and oxygen atoms in total. The van der Waals surface area contributed by atoms with Crippen LogP contribution in [0.25, 0.3) is 11.3 Å². The molecule has 0 spiro atoms. The fourth-order valence-electron chi connectivity index (χ4n) is 3.87. The lowest BCUT2D eigenvalue weighted by Gasteiger charge is -2.25. The summed E-state index contributed by atoms with van der Waals surface area (Å²) < 4.78 is 40.2. The predicted octanol–water partition coefficient (Wildman–Crippen LogP) is 4.28. The molecule has 1 saturated heterocycles.